The minimum absolute atomic E-state index is 0.00944. The smallest absolute Gasteiger partial charge is 0.237 e. The van der Waals surface area contributed by atoms with Gasteiger partial charge >= 0.3 is 0 Å². The molecule has 1 aromatic heterocycles. The summed E-state index contributed by atoms with van der Waals surface area (Å²) in [5.41, 5.74) is 0.872. The van der Waals surface area contributed by atoms with Crippen LogP contribution < -0.4 is 20.9 Å². The number of thiazole rings is 1. The van der Waals surface area contributed by atoms with Gasteiger partial charge in [0.1, 0.15) is 4.21 Å². The molecule has 5 rings (SSSR count). The first-order valence-electron chi connectivity index (χ1n) is 11.3. The first-order chi connectivity index (χ1) is 15.5. The number of sulfone groups is 1. The fraction of sp³-hybridized carbons (Fsp3) is 0.545. The molecule has 3 N–H and O–H groups in total. The van der Waals surface area contributed by atoms with Crippen molar-refractivity contribution in [1.29, 1.82) is 0 Å². The van der Waals surface area contributed by atoms with Gasteiger partial charge in [0.2, 0.25) is 15.7 Å². The quantitative estimate of drug-likeness (QED) is 0.582. The number of nitrogens with one attached hydrogen (secondary N) is 3. The molecule has 0 aliphatic carbocycles. The first kappa shape index (κ1) is 21.8. The zero-order chi connectivity index (χ0) is 22.1. The van der Waals surface area contributed by atoms with Crippen LogP contribution in [-0.4, -0.2) is 57.6 Å². The van der Waals surface area contributed by atoms with Crippen molar-refractivity contribution in [2.45, 2.75) is 53.4 Å². The van der Waals surface area contributed by atoms with Crippen molar-refractivity contribution < 1.29 is 13.2 Å². The molecule has 3 aliphatic rings. The van der Waals surface area contributed by atoms with Gasteiger partial charge in [0.15, 0.2) is 5.13 Å². The third-order valence-electron chi connectivity index (χ3n) is 6.69. The fourth-order valence-corrected chi connectivity index (χ4v) is 7.42. The maximum absolute atomic E-state index is 13.0. The Morgan fingerprint density at radius 2 is 2.00 bits per heavy atom. The molecule has 1 aromatic carbocycles. The van der Waals surface area contributed by atoms with Crippen molar-refractivity contribution in [3.63, 3.8) is 0 Å². The van der Waals surface area contributed by atoms with Crippen LogP contribution in [0.2, 0.25) is 0 Å². The summed E-state index contributed by atoms with van der Waals surface area (Å²) in [7, 11) is -3.59. The molecule has 3 unspecified atom stereocenters. The molecule has 3 atom stereocenters. The van der Waals surface area contributed by atoms with Crippen molar-refractivity contribution in [2.75, 3.05) is 31.1 Å². The van der Waals surface area contributed by atoms with E-state index in [4.69, 9.17) is 0 Å². The van der Waals surface area contributed by atoms with Gasteiger partial charge in [0.05, 0.1) is 17.1 Å². The summed E-state index contributed by atoms with van der Waals surface area (Å²) >= 11 is 1.23. The number of hydrogen-bond donors (Lipinski definition) is 3. The number of anilines is 1. The molecule has 32 heavy (non-hydrogen) atoms. The van der Waals surface area contributed by atoms with E-state index in [2.05, 4.69) is 25.8 Å². The molecule has 0 saturated carbocycles. The van der Waals surface area contributed by atoms with Gasteiger partial charge in [-0.2, -0.15) is 0 Å². The third kappa shape index (κ3) is 4.41. The largest absolute Gasteiger partial charge is 0.351 e. The van der Waals surface area contributed by atoms with Crippen LogP contribution in [0.3, 0.4) is 0 Å². The molecule has 1 amide bonds. The van der Waals surface area contributed by atoms with Crippen LogP contribution in [0, 0.1) is 5.92 Å². The van der Waals surface area contributed by atoms with E-state index in [0.717, 1.165) is 62.6 Å². The maximum Gasteiger partial charge on any atom is 0.237 e. The molecule has 3 aliphatic heterocycles. The van der Waals surface area contributed by atoms with Crippen molar-refractivity contribution in [3.8, 4) is 0 Å². The topological polar surface area (TPSA) is 103 Å². The minimum Gasteiger partial charge on any atom is -0.351 e. The van der Waals surface area contributed by atoms with E-state index in [9.17, 15) is 13.2 Å². The number of rotatable bonds is 6. The Balaban J connectivity index is 1.19. The Hall–Kier alpha value is -2.01. The lowest BCUT2D eigenvalue weighted by molar-refractivity contribution is -0.123. The van der Waals surface area contributed by atoms with Gasteiger partial charge in [0.25, 0.3) is 0 Å². The predicted octanol–water partition coefficient (Wildman–Crippen LogP) is 1.53. The van der Waals surface area contributed by atoms with Crippen molar-refractivity contribution in [2.24, 2.45) is 5.92 Å². The molecular weight excluding hydrogens is 446 g/mol. The van der Waals surface area contributed by atoms with Crippen molar-refractivity contribution in [3.05, 3.63) is 36.0 Å². The Morgan fingerprint density at radius 3 is 2.75 bits per heavy atom. The Kier molecular flexibility index (Phi) is 6.20. The monoisotopic (exact) mass is 475 g/mol. The standard InChI is InChI=1S/C22H29N5O3S2/c28-21(19-11-16-13-23-8-7-18(16)26-19)24-12-15-3-5-17(6-4-15)32(29,30)20-14-25-22(31-20)27-9-1-2-10-27/h3-6,14,16,18-19,23,26H,1-2,7-13H2,(H,24,28). The van der Waals surface area contributed by atoms with Gasteiger partial charge in [-0.05, 0) is 62.4 Å². The highest BCUT2D eigenvalue weighted by Crippen LogP contribution is 2.32. The highest BCUT2D eigenvalue weighted by molar-refractivity contribution is 7.93. The normalized spacial score (nSPS) is 25.6. The minimum atomic E-state index is -3.59. The molecule has 0 radical (unpaired) electrons. The lowest BCUT2D eigenvalue weighted by atomic mass is 9.94. The summed E-state index contributed by atoms with van der Waals surface area (Å²) in [5, 5.41) is 10.6. The molecular formula is C22H29N5O3S2. The van der Waals surface area contributed by atoms with E-state index in [1.807, 2.05) is 0 Å². The van der Waals surface area contributed by atoms with Crippen LogP contribution in [-0.2, 0) is 21.2 Å². The molecule has 3 saturated heterocycles. The molecule has 3 fully saturated rings. The van der Waals surface area contributed by atoms with Crippen LogP contribution in [0.15, 0.2) is 39.6 Å². The highest BCUT2D eigenvalue weighted by Gasteiger charge is 2.38. The average Bonchev–Trinajstić information content (AvgIpc) is 3.57. The van der Waals surface area contributed by atoms with E-state index in [1.165, 1.54) is 17.5 Å². The lowest BCUT2D eigenvalue weighted by Gasteiger charge is -2.25. The van der Waals surface area contributed by atoms with Crippen LogP contribution >= 0.6 is 11.3 Å². The van der Waals surface area contributed by atoms with E-state index in [-0.39, 0.29) is 21.1 Å². The van der Waals surface area contributed by atoms with Gasteiger partial charge < -0.3 is 20.9 Å². The van der Waals surface area contributed by atoms with Crippen LogP contribution in [0.4, 0.5) is 5.13 Å². The average molecular weight is 476 g/mol. The van der Waals surface area contributed by atoms with E-state index >= 15 is 0 Å². The van der Waals surface area contributed by atoms with Crippen LogP contribution in [0.1, 0.15) is 31.2 Å². The Morgan fingerprint density at radius 1 is 1.22 bits per heavy atom. The second kappa shape index (κ2) is 9.09. The number of carbonyl (C=O) groups excluding carboxylic acids is 1. The SMILES string of the molecule is O=C(NCc1ccc(S(=O)(=O)c2cnc(N3CCCC3)s2)cc1)C1CC2CNCCC2N1. The molecule has 10 heteroatoms. The Labute approximate surface area is 192 Å². The van der Waals surface area contributed by atoms with E-state index in [0.29, 0.717) is 18.5 Å². The van der Waals surface area contributed by atoms with E-state index < -0.39 is 9.84 Å². The number of benzene rings is 1. The molecule has 0 spiro atoms. The first-order valence-corrected chi connectivity index (χ1v) is 13.6. The maximum atomic E-state index is 13.0. The van der Waals surface area contributed by atoms with Gasteiger partial charge in [-0.1, -0.05) is 23.5 Å². The number of amides is 1. The van der Waals surface area contributed by atoms with Gasteiger partial charge in [-0.25, -0.2) is 13.4 Å². The number of fused-ring (bicyclic) bond motifs is 1. The molecule has 0 bridgehead atoms. The predicted molar refractivity (Wildman–Crippen MR) is 124 cm³/mol. The number of hydrogen-bond acceptors (Lipinski definition) is 8. The number of piperidine rings is 1. The zero-order valence-corrected chi connectivity index (χ0v) is 19.6. The lowest BCUT2D eigenvalue weighted by Crippen LogP contribution is -2.45. The summed E-state index contributed by atoms with van der Waals surface area (Å²) in [6.07, 6.45) is 5.62. The summed E-state index contributed by atoms with van der Waals surface area (Å²) in [6, 6.07) is 7.03. The second-order valence-corrected chi connectivity index (χ2v) is 12.0. The van der Waals surface area contributed by atoms with Gasteiger partial charge in [-0.15, -0.1) is 0 Å². The zero-order valence-electron chi connectivity index (χ0n) is 17.9. The number of nitrogens with zero attached hydrogens (tertiary/aromatic N) is 2. The fourth-order valence-electron chi connectivity index (χ4n) is 4.85. The van der Waals surface area contributed by atoms with Crippen molar-refractivity contribution in [1.82, 2.24) is 20.9 Å². The van der Waals surface area contributed by atoms with Crippen LogP contribution in [0.5, 0.6) is 0 Å². The third-order valence-corrected chi connectivity index (χ3v) is 9.98. The van der Waals surface area contributed by atoms with Crippen molar-refractivity contribution >= 4 is 32.2 Å². The van der Waals surface area contributed by atoms with Gasteiger partial charge in [-0.3, -0.25) is 4.79 Å². The summed E-state index contributed by atoms with van der Waals surface area (Å²) < 4.78 is 26.3. The van der Waals surface area contributed by atoms with Crippen LogP contribution in [0.25, 0.3) is 0 Å². The summed E-state index contributed by atoms with van der Waals surface area (Å²) in [5.74, 6) is 0.525. The molecule has 8 nitrogen and oxygen atoms in total. The molecule has 172 valence electrons. The second-order valence-electron chi connectivity index (χ2n) is 8.84. The molecule has 4 heterocycles. The molecule has 2 aromatic rings. The Bertz CT molecular complexity index is 1050. The number of aromatic nitrogens is 1. The summed E-state index contributed by atoms with van der Waals surface area (Å²) in [4.78, 5) is 19.3. The number of carbonyl (C=O) groups is 1. The van der Waals surface area contributed by atoms with Gasteiger partial charge in [0, 0.05) is 25.7 Å². The summed E-state index contributed by atoms with van der Waals surface area (Å²) in [6.45, 7) is 4.21. The van der Waals surface area contributed by atoms with E-state index in [1.54, 1.807) is 24.3 Å². The highest BCUT2D eigenvalue weighted by atomic mass is 32.2.